The van der Waals surface area contributed by atoms with E-state index in [-0.39, 0.29) is 18.9 Å². The Morgan fingerprint density at radius 1 is 1.09 bits per heavy atom. The minimum absolute atomic E-state index is 0.00450. The van der Waals surface area contributed by atoms with E-state index in [4.69, 9.17) is 14.2 Å². The largest absolute Gasteiger partial charge is 0.496 e. The number of para-hydroxylation sites is 1. The van der Waals surface area contributed by atoms with Crippen LogP contribution < -0.4 is 9.47 Å². The van der Waals surface area contributed by atoms with Crippen molar-refractivity contribution < 1.29 is 23.8 Å². The van der Waals surface area contributed by atoms with Gasteiger partial charge in [0.25, 0.3) is 5.91 Å². The molecule has 1 heterocycles. The van der Waals surface area contributed by atoms with E-state index in [9.17, 15) is 9.59 Å². The monoisotopic (exact) mass is 454 g/mol. The molecule has 8 heteroatoms. The van der Waals surface area contributed by atoms with Crippen LogP contribution in [0.1, 0.15) is 21.8 Å². The van der Waals surface area contributed by atoms with Gasteiger partial charge in [-0.05, 0) is 25.1 Å². The topological polar surface area (TPSA) is 78.0 Å². The number of hydrogen-bond donors (Lipinski definition) is 0. The second-order valence-corrected chi connectivity index (χ2v) is 8.18. The molecule has 0 radical (unpaired) electrons. The van der Waals surface area contributed by atoms with E-state index in [0.29, 0.717) is 24.6 Å². The van der Waals surface area contributed by atoms with Crippen molar-refractivity contribution in [2.45, 2.75) is 26.5 Å². The van der Waals surface area contributed by atoms with Gasteiger partial charge in [-0.1, -0.05) is 35.9 Å². The number of carbonyl (C=O) groups excluding carboxylic acids is 2. The zero-order valence-corrected chi connectivity index (χ0v) is 19.2. The summed E-state index contributed by atoms with van der Waals surface area (Å²) in [5.41, 5.74) is 2.63. The number of carbonyl (C=O) groups is 2. The standard InChI is InChI=1S/C24H26N2O5S/c1-17-8-10-20(11-9-17)30-14-22-25-19(16-32-22)12-24(28)31-15-23(27)26(2)13-18-6-4-5-7-21(18)29-3/h4-11,16H,12-15H2,1-3H3. The molecule has 0 saturated carbocycles. The highest BCUT2D eigenvalue weighted by Gasteiger charge is 2.15. The lowest BCUT2D eigenvalue weighted by atomic mass is 10.2. The molecule has 1 aromatic heterocycles. The molecule has 0 aliphatic carbocycles. The molecule has 168 valence electrons. The van der Waals surface area contributed by atoms with Gasteiger partial charge in [0.2, 0.25) is 0 Å². The number of esters is 1. The molecule has 0 unspecified atom stereocenters. The molecular formula is C24H26N2O5S. The second-order valence-electron chi connectivity index (χ2n) is 7.23. The lowest BCUT2D eigenvalue weighted by molar-refractivity contribution is -0.151. The van der Waals surface area contributed by atoms with Crippen LogP contribution in [0.4, 0.5) is 0 Å². The van der Waals surface area contributed by atoms with E-state index in [2.05, 4.69) is 4.98 Å². The van der Waals surface area contributed by atoms with Gasteiger partial charge in [0.15, 0.2) is 6.61 Å². The highest BCUT2D eigenvalue weighted by molar-refractivity contribution is 7.09. The summed E-state index contributed by atoms with van der Waals surface area (Å²) < 4.78 is 16.2. The van der Waals surface area contributed by atoms with Crippen LogP contribution in [0.15, 0.2) is 53.9 Å². The van der Waals surface area contributed by atoms with Crippen LogP contribution in [0.2, 0.25) is 0 Å². The van der Waals surface area contributed by atoms with Crippen molar-refractivity contribution >= 4 is 23.2 Å². The number of aromatic nitrogens is 1. The molecule has 0 atom stereocenters. The molecule has 0 saturated heterocycles. The maximum absolute atomic E-state index is 12.3. The second kappa shape index (κ2) is 11.3. The predicted molar refractivity (Wildman–Crippen MR) is 122 cm³/mol. The van der Waals surface area contributed by atoms with Crippen LogP contribution in [-0.2, 0) is 33.9 Å². The number of nitrogens with zero attached hydrogens (tertiary/aromatic N) is 2. The molecule has 32 heavy (non-hydrogen) atoms. The van der Waals surface area contributed by atoms with Gasteiger partial charge in [0, 0.05) is 24.5 Å². The molecule has 0 fully saturated rings. The van der Waals surface area contributed by atoms with Crippen molar-refractivity contribution in [1.29, 1.82) is 0 Å². The quantitative estimate of drug-likeness (QED) is 0.434. The summed E-state index contributed by atoms with van der Waals surface area (Å²) in [4.78, 5) is 30.4. The molecule has 7 nitrogen and oxygen atoms in total. The van der Waals surface area contributed by atoms with Gasteiger partial charge in [0.05, 0.1) is 19.2 Å². The van der Waals surface area contributed by atoms with Crippen molar-refractivity contribution in [3.8, 4) is 11.5 Å². The predicted octanol–water partition coefficient (Wildman–Crippen LogP) is 3.78. The number of thiazole rings is 1. The Labute approximate surface area is 191 Å². The Hall–Kier alpha value is -3.39. The number of rotatable bonds is 10. The summed E-state index contributed by atoms with van der Waals surface area (Å²) in [5, 5.41) is 2.56. The first kappa shape index (κ1) is 23.3. The van der Waals surface area contributed by atoms with Crippen LogP contribution in [0.5, 0.6) is 11.5 Å². The number of likely N-dealkylation sites (N-methyl/N-ethyl adjacent to an activating group) is 1. The fourth-order valence-electron chi connectivity index (χ4n) is 2.90. The summed E-state index contributed by atoms with van der Waals surface area (Å²) in [6, 6.07) is 15.2. The van der Waals surface area contributed by atoms with Crippen LogP contribution in [-0.4, -0.2) is 42.5 Å². The zero-order chi connectivity index (χ0) is 22.9. The number of methoxy groups -OCH3 is 1. The van der Waals surface area contributed by atoms with Crippen molar-refractivity contribution in [1.82, 2.24) is 9.88 Å². The minimum atomic E-state index is -0.500. The zero-order valence-electron chi connectivity index (χ0n) is 18.4. The van der Waals surface area contributed by atoms with Gasteiger partial charge >= 0.3 is 5.97 Å². The normalized spacial score (nSPS) is 10.5. The summed E-state index contributed by atoms with van der Waals surface area (Å²) in [7, 11) is 3.24. The third kappa shape index (κ3) is 6.81. The summed E-state index contributed by atoms with van der Waals surface area (Å²) in [5.74, 6) is 0.674. The van der Waals surface area contributed by atoms with Gasteiger partial charge in [-0.15, -0.1) is 11.3 Å². The van der Waals surface area contributed by atoms with Crippen LogP contribution in [0.3, 0.4) is 0 Å². The smallest absolute Gasteiger partial charge is 0.312 e. The molecule has 3 aromatic rings. The van der Waals surface area contributed by atoms with Crippen molar-refractivity contribution in [2.24, 2.45) is 0 Å². The molecular weight excluding hydrogens is 428 g/mol. The van der Waals surface area contributed by atoms with Gasteiger partial charge in [-0.3, -0.25) is 9.59 Å². The van der Waals surface area contributed by atoms with Crippen LogP contribution in [0.25, 0.3) is 0 Å². The van der Waals surface area contributed by atoms with Crippen molar-refractivity contribution in [3.05, 3.63) is 75.7 Å². The Balaban J connectivity index is 1.42. The molecule has 0 spiro atoms. The Morgan fingerprint density at radius 2 is 1.84 bits per heavy atom. The van der Waals surface area contributed by atoms with Crippen LogP contribution in [0, 0.1) is 6.92 Å². The lowest BCUT2D eigenvalue weighted by Crippen LogP contribution is -2.31. The van der Waals surface area contributed by atoms with Gasteiger partial charge < -0.3 is 19.1 Å². The lowest BCUT2D eigenvalue weighted by Gasteiger charge is -2.18. The fraction of sp³-hybridized carbons (Fsp3) is 0.292. The Morgan fingerprint density at radius 3 is 2.59 bits per heavy atom. The third-order valence-electron chi connectivity index (χ3n) is 4.69. The fourth-order valence-corrected chi connectivity index (χ4v) is 3.61. The van der Waals surface area contributed by atoms with Gasteiger partial charge in [-0.25, -0.2) is 4.98 Å². The summed E-state index contributed by atoms with van der Waals surface area (Å²) in [6.07, 6.45) is 0.00450. The average molecular weight is 455 g/mol. The van der Waals surface area contributed by atoms with Crippen molar-refractivity contribution in [2.75, 3.05) is 20.8 Å². The number of aryl methyl sites for hydroxylation is 1. The van der Waals surface area contributed by atoms with Crippen molar-refractivity contribution in [3.63, 3.8) is 0 Å². The number of benzene rings is 2. The highest BCUT2D eigenvalue weighted by atomic mass is 32.1. The molecule has 3 rings (SSSR count). The highest BCUT2D eigenvalue weighted by Crippen LogP contribution is 2.19. The maximum atomic E-state index is 12.3. The molecule has 1 amide bonds. The molecule has 2 aromatic carbocycles. The third-order valence-corrected chi connectivity index (χ3v) is 5.56. The minimum Gasteiger partial charge on any atom is -0.496 e. The van der Waals surface area contributed by atoms with Gasteiger partial charge in [0.1, 0.15) is 23.1 Å². The maximum Gasteiger partial charge on any atom is 0.312 e. The van der Waals surface area contributed by atoms with E-state index in [1.54, 1.807) is 19.5 Å². The van der Waals surface area contributed by atoms with Crippen LogP contribution >= 0.6 is 11.3 Å². The van der Waals surface area contributed by atoms with E-state index >= 15 is 0 Å². The van der Waals surface area contributed by atoms with Gasteiger partial charge in [-0.2, -0.15) is 0 Å². The molecule has 0 aliphatic rings. The Kier molecular flexibility index (Phi) is 8.21. The number of hydrogen-bond acceptors (Lipinski definition) is 7. The first-order chi connectivity index (χ1) is 15.4. The van der Waals surface area contributed by atoms with E-state index in [1.165, 1.54) is 16.2 Å². The average Bonchev–Trinajstić information content (AvgIpc) is 3.24. The van der Waals surface area contributed by atoms with E-state index in [1.807, 2.05) is 55.5 Å². The first-order valence-electron chi connectivity index (χ1n) is 10.1. The summed E-state index contributed by atoms with van der Waals surface area (Å²) in [6.45, 7) is 2.38. The molecule has 0 bridgehead atoms. The molecule has 0 aliphatic heterocycles. The SMILES string of the molecule is COc1ccccc1CN(C)C(=O)COC(=O)Cc1csc(COc2ccc(C)cc2)n1. The first-order valence-corrected chi connectivity index (χ1v) is 11.0. The number of ether oxygens (including phenoxy) is 3. The summed E-state index contributed by atoms with van der Waals surface area (Å²) >= 11 is 1.42. The van der Waals surface area contributed by atoms with E-state index < -0.39 is 5.97 Å². The molecule has 0 N–H and O–H groups in total. The number of amides is 1. The van der Waals surface area contributed by atoms with E-state index in [0.717, 1.165) is 21.9 Å². The Bertz CT molecular complexity index is 1050.